The van der Waals surface area contributed by atoms with Crippen LogP contribution in [0.3, 0.4) is 0 Å². The molecule has 13 heavy (non-hydrogen) atoms. The lowest BCUT2D eigenvalue weighted by molar-refractivity contribution is -0.577. The van der Waals surface area contributed by atoms with Gasteiger partial charge in [0.2, 0.25) is 5.52 Å². The average Bonchev–Trinajstić information content (AvgIpc) is 2.06. The van der Waals surface area contributed by atoms with Gasteiger partial charge in [0.05, 0.1) is 0 Å². The topological polar surface area (TPSA) is 89.9 Å². The summed E-state index contributed by atoms with van der Waals surface area (Å²) in [5.41, 5.74) is 0.718. The molecule has 0 radical (unpaired) electrons. The Kier molecular flexibility index (Phi) is 3.84. The monoisotopic (exact) mass is 181 g/mol. The molecule has 0 aliphatic heterocycles. The van der Waals surface area contributed by atoms with E-state index in [1.165, 1.54) is 6.20 Å². The molecule has 0 saturated heterocycles. The third-order valence-corrected chi connectivity index (χ3v) is 1.67. The van der Waals surface area contributed by atoms with Crippen LogP contribution in [-0.2, 0) is 0 Å². The molecule has 2 aromatic rings. The maximum Gasteiger partial charge on any atom is 0.223 e. The minimum atomic E-state index is 0. The van der Waals surface area contributed by atoms with Crippen molar-refractivity contribution in [2.24, 2.45) is 0 Å². The van der Waals surface area contributed by atoms with E-state index in [0.29, 0.717) is 0 Å². The van der Waals surface area contributed by atoms with E-state index in [1.807, 2.05) is 30.3 Å². The summed E-state index contributed by atoms with van der Waals surface area (Å²) in [5, 5.41) is 12.1. The summed E-state index contributed by atoms with van der Waals surface area (Å²) in [7, 11) is 0. The van der Waals surface area contributed by atoms with E-state index in [1.54, 1.807) is 6.07 Å². The Bertz CT molecular complexity index is 384. The number of benzene rings is 1. The molecule has 1 aromatic carbocycles. The van der Waals surface area contributed by atoms with Gasteiger partial charge in [-0.05, 0) is 12.1 Å². The van der Waals surface area contributed by atoms with Gasteiger partial charge in [-0.3, -0.25) is 0 Å². The lowest BCUT2D eigenvalue weighted by atomic mass is 10.2. The van der Waals surface area contributed by atoms with E-state index in [0.717, 1.165) is 15.6 Å². The third kappa shape index (κ3) is 1.93. The van der Waals surface area contributed by atoms with Crippen LogP contribution < -0.4 is 4.73 Å². The van der Waals surface area contributed by atoms with Gasteiger partial charge in [-0.1, -0.05) is 12.1 Å². The van der Waals surface area contributed by atoms with Crippen molar-refractivity contribution >= 4 is 10.9 Å². The first kappa shape index (κ1) is 11.4. The second-order valence-corrected chi connectivity index (χ2v) is 2.39. The predicted molar refractivity (Wildman–Crippen MR) is 50.1 cm³/mol. The van der Waals surface area contributed by atoms with E-state index >= 15 is 0 Å². The van der Waals surface area contributed by atoms with Crippen LogP contribution in [-0.4, -0.2) is 11.0 Å². The summed E-state index contributed by atoms with van der Waals surface area (Å²) in [5.74, 6) is 0. The molecule has 1 heterocycles. The van der Waals surface area contributed by atoms with Gasteiger partial charge in [-0.2, -0.15) is 4.73 Å². The first-order valence-electron chi connectivity index (χ1n) is 3.45. The van der Waals surface area contributed by atoms with Gasteiger partial charge in [0, 0.05) is 17.5 Å². The number of pyridine rings is 1. The fraction of sp³-hybridized carbons (Fsp3) is 0. The van der Waals surface area contributed by atoms with Crippen LogP contribution in [0.15, 0.2) is 42.6 Å². The van der Waals surface area contributed by atoms with E-state index < -0.39 is 0 Å². The molecule has 0 aliphatic rings. The summed E-state index contributed by atoms with van der Waals surface area (Å²) in [6.45, 7) is 0. The second-order valence-electron chi connectivity index (χ2n) is 2.39. The first-order valence-corrected chi connectivity index (χ1v) is 3.45. The third-order valence-electron chi connectivity index (χ3n) is 1.67. The van der Waals surface area contributed by atoms with Gasteiger partial charge < -0.3 is 16.2 Å². The van der Waals surface area contributed by atoms with Gasteiger partial charge in [-0.15, -0.1) is 0 Å². The van der Waals surface area contributed by atoms with E-state index in [-0.39, 0.29) is 11.0 Å². The average molecular weight is 181 g/mol. The van der Waals surface area contributed by atoms with E-state index in [2.05, 4.69) is 0 Å². The minimum absolute atomic E-state index is 0. The molecule has 2 rings (SSSR count). The molecule has 4 N–H and O–H groups in total. The number of fused-ring (bicyclic) bond motifs is 1. The summed E-state index contributed by atoms with van der Waals surface area (Å²) in [6.07, 6.45) is 1.50. The minimum Gasteiger partial charge on any atom is -0.618 e. The summed E-state index contributed by atoms with van der Waals surface area (Å²) in [6, 6.07) is 11.2. The smallest absolute Gasteiger partial charge is 0.223 e. The largest absolute Gasteiger partial charge is 0.618 e. The summed E-state index contributed by atoms with van der Waals surface area (Å²) < 4.78 is 0.870. The molecular formula is C9H11NO3. The molecule has 0 amide bonds. The Morgan fingerprint density at radius 1 is 0.923 bits per heavy atom. The Morgan fingerprint density at radius 2 is 1.54 bits per heavy atom. The van der Waals surface area contributed by atoms with Crippen molar-refractivity contribution in [2.45, 2.75) is 0 Å². The van der Waals surface area contributed by atoms with Crippen LogP contribution in [0.5, 0.6) is 0 Å². The van der Waals surface area contributed by atoms with Crippen molar-refractivity contribution < 1.29 is 15.7 Å². The molecule has 0 saturated carbocycles. The Labute approximate surface area is 75.3 Å². The maximum absolute atomic E-state index is 11.1. The van der Waals surface area contributed by atoms with Crippen molar-refractivity contribution in [2.75, 3.05) is 0 Å². The zero-order valence-electron chi connectivity index (χ0n) is 6.90. The molecule has 0 atom stereocenters. The lowest BCUT2D eigenvalue weighted by Gasteiger charge is -1.98. The number of rotatable bonds is 0. The molecule has 0 bridgehead atoms. The Hall–Kier alpha value is -1.65. The number of nitrogens with zero attached hydrogens (tertiary/aromatic N) is 1. The zero-order chi connectivity index (χ0) is 7.68. The highest BCUT2D eigenvalue weighted by Gasteiger charge is 1.97. The SMILES string of the molecule is O.O.[O-][n+]1cccc2ccccc21. The number of hydrogen-bond acceptors (Lipinski definition) is 1. The van der Waals surface area contributed by atoms with Gasteiger partial charge in [-0.25, -0.2) is 0 Å². The normalized spacial score (nSPS) is 8.62. The Morgan fingerprint density at radius 3 is 2.23 bits per heavy atom. The number of para-hydroxylation sites is 1. The number of aromatic nitrogens is 1. The molecule has 0 fully saturated rings. The quantitative estimate of drug-likeness (QED) is 0.409. The van der Waals surface area contributed by atoms with Gasteiger partial charge in [0.1, 0.15) is 0 Å². The van der Waals surface area contributed by atoms with Crippen LogP contribution >= 0.6 is 0 Å². The van der Waals surface area contributed by atoms with Crippen LogP contribution in [0.4, 0.5) is 0 Å². The van der Waals surface area contributed by atoms with Crippen molar-refractivity contribution in [3.63, 3.8) is 0 Å². The van der Waals surface area contributed by atoms with Crippen molar-refractivity contribution in [3.8, 4) is 0 Å². The number of hydrogen-bond donors (Lipinski definition) is 0. The molecule has 0 unspecified atom stereocenters. The standard InChI is InChI=1S/C9H7NO.2H2O/c11-10-7-3-5-8-4-1-2-6-9(8)10;;/h1-7H;2*1H2. The Balaban J connectivity index is 0.000000720. The molecule has 1 aromatic heterocycles. The van der Waals surface area contributed by atoms with Gasteiger partial charge in [0.25, 0.3) is 0 Å². The van der Waals surface area contributed by atoms with Crippen LogP contribution in [0, 0.1) is 5.21 Å². The van der Waals surface area contributed by atoms with E-state index in [9.17, 15) is 5.21 Å². The van der Waals surface area contributed by atoms with Gasteiger partial charge >= 0.3 is 0 Å². The second kappa shape index (κ2) is 4.39. The maximum atomic E-state index is 11.1. The highest BCUT2D eigenvalue weighted by atomic mass is 16.5. The molecule has 70 valence electrons. The van der Waals surface area contributed by atoms with Crippen molar-refractivity contribution in [1.29, 1.82) is 0 Å². The summed E-state index contributed by atoms with van der Waals surface area (Å²) >= 11 is 0. The van der Waals surface area contributed by atoms with Crippen LogP contribution in [0.2, 0.25) is 0 Å². The fourth-order valence-corrected chi connectivity index (χ4v) is 1.13. The molecule has 0 spiro atoms. The van der Waals surface area contributed by atoms with Crippen molar-refractivity contribution in [1.82, 2.24) is 0 Å². The van der Waals surface area contributed by atoms with Gasteiger partial charge in [0.15, 0.2) is 6.20 Å². The molecule has 0 aliphatic carbocycles. The summed E-state index contributed by atoms with van der Waals surface area (Å²) in [4.78, 5) is 0. The van der Waals surface area contributed by atoms with Crippen molar-refractivity contribution in [3.05, 3.63) is 47.8 Å². The first-order chi connectivity index (χ1) is 5.38. The zero-order valence-corrected chi connectivity index (χ0v) is 6.90. The lowest BCUT2D eigenvalue weighted by Crippen LogP contribution is -2.25. The predicted octanol–water partition coefficient (Wildman–Crippen LogP) is -0.176. The highest BCUT2D eigenvalue weighted by molar-refractivity contribution is 5.74. The fourth-order valence-electron chi connectivity index (χ4n) is 1.13. The molecule has 4 nitrogen and oxygen atoms in total. The van der Waals surface area contributed by atoms with E-state index in [4.69, 9.17) is 0 Å². The molecular weight excluding hydrogens is 170 g/mol. The van der Waals surface area contributed by atoms with Crippen LogP contribution in [0.25, 0.3) is 10.9 Å². The van der Waals surface area contributed by atoms with Crippen LogP contribution in [0.1, 0.15) is 0 Å². The molecule has 4 heteroatoms. The highest BCUT2D eigenvalue weighted by Crippen LogP contribution is 2.06.